The van der Waals surface area contributed by atoms with Crippen LogP contribution >= 0.6 is 11.8 Å². The van der Waals surface area contributed by atoms with Crippen molar-refractivity contribution in [1.29, 1.82) is 0 Å². The van der Waals surface area contributed by atoms with Gasteiger partial charge in [0.2, 0.25) is 0 Å². The minimum Gasteiger partial charge on any atom is -0.409 e. The number of nitrogens with zero attached hydrogens (tertiary/aromatic N) is 3. The lowest BCUT2D eigenvalue weighted by Crippen LogP contribution is -2.37. The molecule has 1 heterocycles. The van der Waals surface area contributed by atoms with Crippen molar-refractivity contribution in [3.8, 4) is 0 Å². The van der Waals surface area contributed by atoms with Gasteiger partial charge in [0, 0.05) is 23.9 Å². The third-order valence-corrected chi connectivity index (χ3v) is 3.01. The Kier molecular flexibility index (Phi) is 4.27. The number of nitrogens with two attached hydrogens (primary N) is 1. The van der Waals surface area contributed by atoms with E-state index in [1.54, 1.807) is 13.2 Å². The van der Waals surface area contributed by atoms with Gasteiger partial charge in [-0.2, -0.15) is 18.3 Å². The molecule has 96 valence electrons. The summed E-state index contributed by atoms with van der Waals surface area (Å²) in [6, 6.07) is 0. The summed E-state index contributed by atoms with van der Waals surface area (Å²) in [5, 5.41) is 14.5. The highest BCUT2D eigenvalue weighted by molar-refractivity contribution is 7.99. The topological polar surface area (TPSA) is 76.4 Å². The molecule has 9 heteroatoms. The van der Waals surface area contributed by atoms with E-state index in [1.165, 1.54) is 10.9 Å². The monoisotopic (exact) mass is 268 g/mol. The van der Waals surface area contributed by atoms with E-state index in [0.29, 0.717) is 4.90 Å². The molecule has 1 atom stereocenters. The molecule has 0 amide bonds. The average molecular weight is 268 g/mol. The fourth-order valence-corrected chi connectivity index (χ4v) is 2.14. The lowest BCUT2D eigenvalue weighted by Gasteiger charge is -2.17. The maximum Gasteiger partial charge on any atom is 0.399 e. The van der Waals surface area contributed by atoms with Gasteiger partial charge in [-0.1, -0.05) is 5.16 Å². The molecule has 0 bridgehead atoms. The molecule has 0 spiro atoms. The Balaban J connectivity index is 2.68. The number of aromatic nitrogens is 2. The summed E-state index contributed by atoms with van der Waals surface area (Å²) in [7, 11) is 1.66. The summed E-state index contributed by atoms with van der Waals surface area (Å²) >= 11 is 0.945. The molecule has 1 aromatic rings. The van der Waals surface area contributed by atoms with Crippen LogP contribution in [0.15, 0.2) is 22.4 Å². The first-order chi connectivity index (χ1) is 7.84. The van der Waals surface area contributed by atoms with Crippen LogP contribution in [0.25, 0.3) is 0 Å². The Bertz CT molecular complexity index is 404. The van der Waals surface area contributed by atoms with E-state index in [1.807, 2.05) is 0 Å². The van der Waals surface area contributed by atoms with Crippen LogP contribution < -0.4 is 5.73 Å². The van der Waals surface area contributed by atoms with E-state index in [-0.39, 0.29) is 5.75 Å². The summed E-state index contributed by atoms with van der Waals surface area (Å²) in [5.74, 6) is -3.17. The van der Waals surface area contributed by atoms with Gasteiger partial charge in [-0.3, -0.25) is 4.68 Å². The van der Waals surface area contributed by atoms with E-state index in [9.17, 15) is 13.2 Å². The van der Waals surface area contributed by atoms with Crippen molar-refractivity contribution in [3.63, 3.8) is 0 Å². The first kappa shape index (κ1) is 13.7. The first-order valence-corrected chi connectivity index (χ1v) is 5.48. The summed E-state index contributed by atoms with van der Waals surface area (Å²) < 4.78 is 39.2. The zero-order valence-corrected chi connectivity index (χ0v) is 9.66. The minimum atomic E-state index is -4.54. The number of rotatable bonds is 4. The first-order valence-electron chi connectivity index (χ1n) is 4.50. The molecular formula is C8H11F3N4OS. The van der Waals surface area contributed by atoms with Gasteiger partial charge >= 0.3 is 6.18 Å². The zero-order valence-electron chi connectivity index (χ0n) is 8.85. The molecule has 1 unspecified atom stereocenters. The number of alkyl halides is 3. The highest BCUT2D eigenvalue weighted by Crippen LogP contribution is 2.31. The molecule has 0 saturated heterocycles. The van der Waals surface area contributed by atoms with Crippen molar-refractivity contribution in [1.82, 2.24) is 9.78 Å². The number of thioether (sulfide) groups is 1. The molecule has 5 nitrogen and oxygen atoms in total. The van der Waals surface area contributed by atoms with Crippen LogP contribution in [-0.2, 0) is 7.05 Å². The van der Waals surface area contributed by atoms with E-state index >= 15 is 0 Å². The van der Waals surface area contributed by atoms with Crippen LogP contribution in [0, 0.1) is 5.92 Å². The van der Waals surface area contributed by atoms with Gasteiger partial charge in [-0.05, 0) is 0 Å². The third kappa shape index (κ3) is 3.84. The largest absolute Gasteiger partial charge is 0.409 e. The van der Waals surface area contributed by atoms with Crippen molar-refractivity contribution in [3.05, 3.63) is 12.4 Å². The molecule has 0 aliphatic rings. The number of hydrogen-bond acceptors (Lipinski definition) is 4. The lowest BCUT2D eigenvalue weighted by molar-refractivity contribution is -0.150. The smallest absolute Gasteiger partial charge is 0.399 e. The molecule has 17 heavy (non-hydrogen) atoms. The number of amidine groups is 1. The van der Waals surface area contributed by atoms with Crippen molar-refractivity contribution in [2.45, 2.75) is 11.1 Å². The van der Waals surface area contributed by atoms with Gasteiger partial charge in [-0.15, -0.1) is 11.8 Å². The lowest BCUT2D eigenvalue weighted by atomic mass is 10.1. The summed E-state index contributed by atoms with van der Waals surface area (Å²) in [6.45, 7) is 0. The van der Waals surface area contributed by atoms with Crippen LogP contribution in [-0.4, -0.2) is 32.8 Å². The molecular weight excluding hydrogens is 257 g/mol. The number of oxime groups is 1. The second-order valence-corrected chi connectivity index (χ2v) is 4.37. The van der Waals surface area contributed by atoms with E-state index in [2.05, 4.69) is 10.3 Å². The Morgan fingerprint density at radius 2 is 2.35 bits per heavy atom. The maximum absolute atomic E-state index is 12.6. The van der Waals surface area contributed by atoms with E-state index in [0.717, 1.165) is 11.8 Å². The average Bonchev–Trinajstić information content (AvgIpc) is 2.62. The standard InChI is InChI=1S/C8H11F3N4OS/c1-15-3-5(2-13-15)17-4-6(7(12)14-16)8(9,10)11/h2-3,6,16H,4H2,1H3,(H2,12,14). The fourth-order valence-electron chi connectivity index (χ4n) is 1.07. The second-order valence-electron chi connectivity index (χ2n) is 3.28. The molecule has 0 aliphatic carbocycles. The number of aryl methyl sites for hydroxylation is 1. The van der Waals surface area contributed by atoms with Gasteiger partial charge in [0.15, 0.2) is 5.84 Å². The highest BCUT2D eigenvalue weighted by Gasteiger charge is 2.42. The maximum atomic E-state index is 12.6. The van der Waals surface area contributed by atoms with Crippen molar-refractivity contribution in [2.24, 2.45) is 23.9 Å². The zero-order chi connectivity index (χ0) is 13.1. The summed E-state index contributed by atoms with van der Waals surface area (Å²) in [4.78, 5) is 0.590. The predicted molar refractivity (Wildman–Crippen MR) is 56.9 cm³/mol. The van der Waals surface area contributed by atoms with Gasteiger partial charge in [-0.25, -0.2) is 0 Å². The molecule has 0 radical (unpaired) electrons. The summed E-state index contributed by atoms with van der Waals surface area (Å²) in [5.41, 5.74) is 5.02. The fraction of sp³-hybridized carbons (Fsp3) is 0.500. The highest BCUT2D eigenvalue weighted by atomic mass is 32.2. The third-order valence-electron chi connectivity index (χ3n) is 1.97. The molecule has 0 saturated carbocycles. The number of hydrogen-bond donors (Lipinski definition) is 2. The number of halogens is 3. The van der Waals surface area contributed by atoms with E-state index < -0.39 is 17.9 Å². The van der Waals surface area contributed by atoms with Crippen molar-refractivity contribution >= 4 is 17.6 Å². The van der Waals surface area contributed by atoms with Gasteiger partial charge < -0.3 is 10.9 Å². The normalized spacial score (nSPS) is 14.9. The van der Waals surface area contributed by atoms with Crippen LogP contribution in [0.5, 0.6) is 0 Å². The molecule has 3 N–H and O–H groups in total. The van der Waals surface area contributed by atoms with Crippen molar-refractivity contribution in [2.75, 3.05) is 5.75 Å². The molecule has 0 fully saturated rings. The van der Waals surface area contributed by atoms with Crippen molar-refractivity contribution < 1.29 is 18.4 Å². The second kappa shape index (κ2) is 5.30. The Labute approximate surface area is 99.5 Å². The van der Waals surface area contributed by atoms with Crippen LogP contribution in [0.1, 0.15) is 0 Å². The Hall–Kier alpha value is -1.38. The van der Waals surface area contributed by atoms with Gasteiger partial charge in [0.25, 0.3) is 0 Å². The summed E-state index contributed by atoms with van der Waals surface area (Å²) in [6.07, 6.45) is -1.50. The van der Waals surface area contributed by atoms with E-state index in [4.69, 9.17) is 10.9 Å². The SMILES string of the molecule is Cn1cc(SCC(/C(N)=N/O)C(F)(F)F)cn1. The Morgan fingerprint density at radius 1 is 1.71 bits per heavy atom. The van der Waals surface area contributed by atoms with Crippen LogP contribution in [0.2, 0.25) is 0 Å². The molecule has 1 aromatic heterocycles. The molecule has 0 aromatic carbocycles. The minimum absolute atomic E-state index is 0.356. The quantitative estimate of drug-likeness (QED) is 0.285. The Morgan fingerprint density at radius 3 is 2.76 bits per heavy atom. The van der Waals surface area contributed by atoms with Crippen LogP contribution in [0.4, 0.5) is 13.2 Å². The van der Waals surface area contributed by atoms with Crippen LogP contribution in [0.3, 0.4) is 0 Å². The molecule has 1 rings (SSSR count). The predicted octanol–water partition coefficient (Wildman–Crippen LogP) is 1.44. The molecule has 0 aliphatic heterocycles. The van der Waals surface area contributed by atoms with Gasteiger partial charge in [0.05, 0.1) is 6.20 Å². The van der Waals surface area contributed by atoms with Gasteiger partial charge in [0.1, 0.15) is 5.92 Å².